The number of nitrogens with two attached hydrogens (primary N) is 1. The van der Waals surface area contributed by atoms with Gasteiger partial charge in [-0.25, -0.2) is 8.42 Å². The molecular weight excluding hydrogens is 264 g/mol. The maximum atomic E-state index is 12.7. The SMILES string of the molecule is Cc1oc(C)c(S(=O)(=O)N2CCC(C)CC2)c1CN. The van der Waals surface area contributed by atoms with Crippen molar-refractivity contribution in [1.29, 1.82) is 0 Å². The van der Waals surface area contributed by atoms with Gasteiger partial charge >= 0.3 is 0 Å². The summed E-state index contributed by atoms with van der Waals surface area (Å²) in [6.07, 6.45) is 1.82. The van der Waals surface area contributed by atoms with Gasteiger partial charge in [-0.3, -0.25) is 0 Å². The fraction of sp³-hybridized carbons (Fsp3) is 0.692. The second kappa shape index (κ2) is 5.26. The quantitative estimate of drug-likeness (QED) is 0.918. The van der Waals surface area contributed by atoms with Crippen molar-refractivity contribution in [3.63, 3.8) is 0 Å². The molecular formula is C13H22N2O3S. The minimum atomic E-state index is -3.48. The Bertz CT molecular complexity index is 555. The van der Waals surface area contributed by atoms with Crippen LogP contribution in [-0.2, 0) is 16.6 Å². The van der Waals surface area contributed by atoms with Crippen molar-refractivity contribution in [2.75, 3.05) is 13.1 Å². The van der Waals surface area contributed by atoms with Gasteiger partial charge in [0.1, 0.15) is 16.4 Å². The second-order valence-corrected chi connectivity index (χ2v) is 7.19. The van der Waals surface area contributed by atoms with Crippen LogP contribution in [0.5, 0.6) is 0 Å². The van der Waals surface area contributed by atoms with Crippen LogP contribution in [0.4, 0.5) is 0 Å². The van der Waals surface area contributed by atoms with Gasteiger partial charge in [0.2, 0.25) is 10.0 Å². The molecule has 108 valence electrons. The summed E-state index contributed by atoms with van der Waals surface area (Å²) in [5.41, 5.74) is 6.28. The maximum absolute atomic E-state index is 12.7. The standard InChI is InChI=1S/C13H22N2O3S/c1-9-4-6-15(7-5-9)19(16,17)13-11(3)18-10(2)12(13)8-14/h9H,4-8,14H2,1-3H3. The highest BCUT2D eigenvalue weighted by atomic mass is 32.2. The molecule has 5 nitrogen and oxygen atoms in total. The van der Waals surface area contributed by atoms with Crippen molar-refractivity contribution in [3.05, 3.63) is 17.1 Å². The minimum Gasteiger partial charge on any atom is -0.465 e. The van der Waals surface area contributed by atoms with Gasteiger partial charge < -0.3 is 10.2 Å². The van der Waals surface area contributed by atoms with Gasteiger partial charge in [-0.05, 0) is 32.6 Å². The molecule has 6 heteroatoms. The molecule has 1 aliphatic heterocycles. The van der Waals surface area contributed by atoms with Gasteiger partial charge in [0.05, 0.1) is 0 Å². The second-order valence-electron chi connectivity index (χ2n) is 5.31. The van der Waals surface area contributed by atoms with E-state index in [0.717, 1.165) is 12.8 Å². The third-order valence-corrected chi connectivity index (χ3v) is 5.96. The summed E-state index contributed by atoms with van der Waals surface area (Å²) in [6.45, 7) is 6.94. The van der Waals surface area contributed by atoms with Crippen molar-refractivity contribution < 1.29 is 12.8 Å². The van der Waals surface area contributed by atoms with E-state index >= 15 is 0 Å². The molecule has 0 bridgehead atoms. The van der Waals surface area contributed by atoms with Crippen molar-refractivity contribution in [3.8, 4) is 0 Å². The summed E-state index contributed by atoms with van der Waals surface area (Å²) in [5, 5.41) is 0. The molecule has 0 amide bonds. The number of sulfonamides is 1. The van der Waals surface area contributed by atoms with Gasteiger partial charge in [-0.15, -0.1) is 0 Å². The van der Waals surface area contributed by atoms with E-state index < -0.39 is 10.0 Å². The van der Waals surface area contributed by atoms with E-state index in [9.17, 15) is 8.42 Å². The van der Waals surface area contributed by atoms with Crippen LogP contribution < -0.4 is 5.73 Å². The molecule has 2 rings (SSSR count). The predicted molar refractivity (Wildman–Crippen MR) is 73.2 cm³/mol. The molecule has 0 saturated carbocycles. The smallest absolute Gasteiger partial charge is 0.246 e. The molecule has 0 spiro atoms. The van der Waals surface area contributed by atoms with Crippen LogP contribution in [0.2, 0.25) is 0 Å². The predicted octanol–water partition coefficient (Wildman–Crippen LogP) is 1.78. The average Bonchev–Trinajstić information content (AvgIpc) is 2.64. The van der Waals surface area contributed by atoms with Crippen LogP contribution in [0, 0.1) is 19.8 Å². The van der Waals surface area contributed by atoms with E-state index in [1.807, 2.05) is 0 Å². The van der Waals surface area contributed by atoms with Crippen LogP contribution >= 0.6 is 0 Å². The summed E-state index contributed by atoms with van der Waals surface area (Å²) in [7, 11) is -3.48. The van der Waals surface area contributed by atoms with Gasteiger partial charge in [-0.2, -0.15) is 4.31 Å². The number of furan rings is 1. The molecule has 19 heavy (non-hydrogen) atoms. The first-order valence-electron chi connectivity index (χ1n) is 6.67. The molecule has 0 aliphatic carbocycles. The molecule has 1 aromatic heterocycles. The summed E-state index contributed by atoms with van der Waals surface area (Å²) < 4.78 is 32.4. The van der Waals surface area contributed by atoms with E-state index in [1.54, 1.807) is 18.2 Å². The lowest BCUT2D eigenvalue weighted by atomic mass is 10.0. The molecule has 1 aromatic rings. The highest BCUT2D eigenvalue weighted by molar-refractivity contribution is 7.89. The molecule has 1 saturated heterocycles. The fourth-order valence-corrected chi connectivity index (χ4v) is 4.53. The van der Waals surface area contributed by atoms with Gasteiger partial charge in [-0.1, -0.05) is 6.92 Å². The molecule has 0 unspecified atom stereocenters. The van der Waals surface area contributed by atoms with Gasteiger partial charge in [0.15, 0.2) is 0 Å². The Hall–Kier alpha value is -0.850. The van der Waals surface area contributed by atoms with E-state index in [4.69, 9.17) is 10.2 Å². The van der Waals surface area contributed by atoms with Crippen LogP contribution in [-0.4, -0.2) is 25.8 Å². The zero-order chi connectivity index (χ0) is 14.2. The normalized spacial score (nSPS) is 18.9. The molecule has 0 atom stereocenters. The van der Waals surface area contributed by atoms with Crippen molar-refractivity contribution in [2.24, 2.45) is 11.7 Å². The van der Waals surface area contributed by atoms with Crippen LogP contribution in [0.25, 0.3) is 0 Å². The molecule has 1 fully saturated rings. The summed E-state index contributed by atoms with van der Waals surface area (Å²) in [4.78, 5) is 0.280. The first-order chi connectivity index (χ1) is 8.87. The topological polar surface area (TPSA) is 76.5 Å². The average molecular weight is 286 g/mol. The summed E-state index contributed by atoms with van der Waals surface area (Å²) in [6, 6.07) is 0. The summed E-state index contributed by atoms with van der Waals surface area (Å²) in [5.74, 6) is 1.63. The Kier molecular flexibility index (Phi) is 4.03. The Morgan fingerprint density at radius 1 is 1.26 bits per heavy atom. The molecule has 0 aromatic carbocycles. The highest BCUT2D eigenvalue weighted by Crippen LogP contribution is 2.31. The maximum Gasteiger partial charge on any atom is 0.246 e. The lowest BCUT2D eigenvalue weighted by Crippen LogP contribution is -2.38. The Morgan fingerprint density at radius 3 is 2.37 bits per heavy atom. The zero-order valence-corrected chi connectivity index (χ0v) is 12.6. The van der Waals surface area contributed by atoms with Crippen molar-refractivity contribution in [1.82, 2.24) is 4.31 Å². The number of nitrogens with zero attached hydrogens (tertiary/aromatic N) is 1. The Balaban J connectivity index is 2.40. The van der Waals surface area contributed by atoms with E-state index in [-0.39, 0.29) is 11.4 Å². The molecule has 2 heterocycles. The monoisotopic (exact) mass is 286 g/mol. The van der Waals surface area contributed by atoms with Crippen molar-refractivity contribution in [2.45, 2.75) is 45.1 Å². The first-order valence-corrected chi connectivity index (χ1v) is 8.11. The largest absolute Gasteiger partial charge is 0.465 e. The summed E-state index contributed by atoms with van der Waals surface area (Å²) >= 11 is 0. The number of piperidine rings is 1. The molecule has 1 aliphatic rings. The lowest BCUT2D eigenvalue weighted by molar-refractivity contribution is 0.287. The van der Waals surface area contributed by atoms with Gasteiger partial charge in [0, 0.05) is 25.2 Å². The Labute approximate surface area is 114 Å². The molecule has 0 radical (unpaired) electrons. The number of hydrogen-bond donors (Lipinski definition) is 1. The van der Waals surface area contributed by atoms with Crippen molar-refractivity contribution >= 4 is 10.0 Å². The lowest BCUT2D eigenvalue weighted by Gasteiger charge is -2.29. The van der Waals surface area contributed by atoms with E-state index in [2.05, 4.69) is 6.92 Å². The van der Waals surface area contributed by atoms with Gasteiger partial charge in [0.25, 0.3) is 0 Å². The third-order valence-electron chi connectivity index (χ3n) is 3.87. The van der Waals surface area contributed by atoms with Crippen LogP contribution in [0.3, 0.4) is 0 Å². The first kappa shape index (κ1) is 14.6. The minimum absolute atomic E-state index is 0.183. The number of hydrogen-bond acceptors (Lipinski definition) is 4. The Morgan fingerprint density at radius 2 is 1.84 bits per heavy atom. The highest BCUT2D eigenvalue weighted by Gasteiger charge is 2.33. The zero-order valence-electron chi connectivity index (χ0n) is 11.8. The molecule has 2 N–H and O–H groups in total. The number of aryl methyl sites for hydroxylation is 2. The van der Waals surface area contributed by atoms with E-state index in [0.29, 0.717) is 36.1 Å². The number of rotatable bonds is 3. The van der Waals surface area contributed by atoms with Crippen LogP contribution in [0.15, 0.2) is 9.31 Å². The van der Waals surface area contributed by atoms with Crippen LogP contribution in [0.1, 0.15) is 36.8 Å². The van der Waals surface area contributed by atoms with E-state index in [1.165, 1.54) is 0 Å². The fourth-order valence-electron chi connectivity index (χ4n) is 2.64. The third kappa shape index (κ3) is 2.57.